The zero-order valence-corrected chi connectivity index (χ0v) is 13.2. The van der Waals surface area contributed by atoms with Gasteiger partial charge in [-0.1, -0.05) is 18.2 Å². The van der Waals surface area contributed by atoms with Gasteiger partial charge in [0.25, 0.3) is 0 Å². The molecule has 3 heterocycles. The lowest BCUT2D eigenvalue weighted by atomic mass is 10.1. The fraction of sp³-hybridized carbons (Fsp3) is 0.263. The Kier molecular flexibility index (Phi) is 3.69. The number of carbonyl (C=O) groups excluding carboxylic acids is 1. The first-order valence-corrected chi connectivity index (χ1v) is 8.16. The zero-order valence-electron chi connectivity index (χ0n) is 13.2. The van der Waals surface area contributed by atoms with Crippen molar-refractivity contribution >= 4 is 11.6 Å². The first-order valence-electron chi connectivity index (χ1n) is 8.16. The number of piperazine rings is 1. The molecular weight excluding hydrogens is 302 g/mol. The third-order valence-corrected chi connectivity index (χ3v) is 4.81. The van der Waals surface area contributed by atoms with Gasteiger partial charge in [0.2, 0.25) is 0 Å². The van der Waals surface area contributed by atoms with E-state index in [9.17, 15) is 9.90 Å². The number of aromatic hydroxyl groups is 1. The van der Waals surface area contributed by atoms with Crippen molar-refractivity contribution in [3.63, 3.8) is 0 Å². The summed E-state index contributed by atoms with van der Waals surface area (Å²) in [6.45, 7) is 1.82. The van der Waals surface area contributed by atoms with Crippen molar-refractivity contribution in [3.8, 4) is 5.75 Å². The number of phenols is 1. The highest BCUT2D eigenvalue weighted by atomic mass is 16.3. The maximum atomic E-state index is 12.2. The monoisotopic (exact) mass is 321 g/mol. The summed E-state index contributed by atoms with van der Waals surface area (Å²) in [6, 6.07) is 13.5. The molecule has 2 fully saturated rings. The molecule has 0 unspecified atom stereocenters. The van der Waals surface area contributed by atoms with Gasteiger partial charge in [0, 0.05) is 43.6 Å². The Balaban J connectivity index is 1.42. The Labute approximate surface area is 140 Å². The second kappa shape index (κ2) is 6.00. The third-order valence-electron chi connectivity index (χ3n) is 4.81. The van der Waals surface area contributed by atoms with Gasteiger partial charge in [-0.3, -0.25) is 4.79 Å². The lowest BCUT2D eigenvalue weighted by molar-refractivity contribution is 0.104. The second-order valence-corrected chi connectivity index (χ2v) is 6.28. The first kappa shape index (κ1) is 14.8. The molecule has 0 saturated carbocycles. The number of benzene rings is 1. The number of hydrogen-bond acceptors (Lipinski definition) is 5. The number of pyridine rings is 1. The number of anilines is 1. The number of phenolic OH excluding ortho intramolecular Hbond substituents is 1. The number of hydrogen-bond donors (Lipinski definition) is 1. The van der Waals surface area contributed by atoms with Crippen LogP contribution in [0.3, 0.4) is 0 Å². The Bertz CT molecular complexity index is 775. The zero-order chi connectivity index (χ0) is 16.5. The molecule has 5 nitrogen and oxygen atoms in total. The number of carbonyl (C=O) groups is 1. The molecule has 5 heteroatoms. The molecule has 0 amide bonds. The fourth-order valence-electron chi connectivity index (χ4n) is 3.62. The minimum atomic E-state index is -0.169. The van der Waals surface area contributed by atoms with Gasteiger partial charge in [-0.25, -0.2) is 4.98 Å². The van der Waals surface area contributed by atoms with Gasteiger partial charge in [0.15, 0.2) is 5.78 Å². The van der Waals surface area contributed by atoms with Crippen molar-refractivity contribution < 1.29 is 9.90 Å². The van der Waals surface area contributed by atoms with Crippen LogP contribution in [0.4, 0.5) is 5.82 Å². The average molecular weight is 321 g/mol. The van der Waals surface area contributed by atoms with Gasteiger partial charge < -0.3 is 14.9 Å². The smallest absolute Gasteiger partial charge is 0.190 e. The van der Waals surface area contributed by atoms with E-state index in [1.165, 1.54) is 6.07 Å². The third kappa shape index (κ3) is 2.62. The molecule has 2 aromatic rings. The van der Waals surface area contributed by atoms with Crippen LogP contribution in [-0.2, 0) is 0 Å². The summed E-state index contributed by atoms with van der Waals surface area (Å²) in [7, 11) is 0. The van der Waals surface area contributed by atoms with Crippen molar-refractivity contribution in [2.45, 2.75) is 18.5 Å². The molecule has 2 atom stereocenters. The highest BCUT2D eigenvalue weighted by Gasteiger charge is 2.42. The predicted octanol–water partition coefficient (Wildman–Crippen LogP) is 2.45. The number of ketones is 1. The van der Waals surface area contributed by atoms with Gasteiger partial charge in [-0.05, 0) is 30.7 Å². The van der Waals surface area contributed by atoms with E-state index in [4.69, 9.17) is 0 Å². The molecule has 0 radical (unpaired) electrons. The van der Waals surface area contributed by atoms with Crippen molar-refractivity contribution in [2.75, 3.05) is 18.0 Å². The first-order chi connectivity index (χ1) is 11.7. The lowest BCUT2D eigenvalue weighted by Gasteiger charge is -2.34. The minimum Gasteiger partial charge on any atom is -0.507 e. The molecule has 24 heavy (non-hydrogen) atoms. The molecule has 1 aromatic heterocycles. The number of likely N-dealkylation sites (tertiary alicyclic amines) is 1. The van der Waals surface area contributed by atoms with E-state index in [0.29, 0.717) is 17.6 Å². The fourth-order valence-corrected chi connectivity index (χ4v) is 3.62. The standard InChI is InChI=1S/C19H19N3O2/c23-17-6-2-1-5-16(17)18(24)8-10-21-12-15-11-14(21)13-22(15)19-7-3-4-9-20-19/h1-10,14-15,23H,11-13H2/b10-8+/t14-,15+/m1/s1. The summed E-state index contributed by atoms with van der Waals surface area (Å²) >= 11 is 0. The van der Waals surface area contributed by atoms with Gasteiger partial charge >= 0.3 is 0 Å². The van der Waals surface area contributed by atoms with E-state index in [1.54, 1.807) is 24.3 Å². The molecular formula is C19H19N3O2. The summed E-state index contributed by atoms with van der Waals surface area (Å²) in [5.74, 6) is 0.882. The van der Waals surface area contributed by atoms with Gasteiger partial charge in [-0.15, -0.1) is 0 Å². The number of aromatic nitrogens is 1. The van der Waals surface area contributed by atoms with Crippen LogP contribution in [-0.4, -0.2) is 45.9 Å². The van der Waals surface area contributed by atoms with Crippen LogP contribution < -0.4 is 4.90 Å². The summed E-state index contributed by atoms with van der Waals surface area (Å²) in [4.78, 5) is 21.2. The van der Waals surface area contributed by atoms with E-state index >= 15 is 0 Å². The van der Waals surface area contributed by atoms with E-state index in [0.717, 1.165) is 25.3 Å². The highest BCUT2D eigenvalue weighted by molar-refractivity contribution is 6.06. The molecule has 1 N–H and O–H groups in total. The quantitative estimate of drug-likeness (QED) is 0.692. The number of rotatable bonds is 4. The molecule has 122 valence electrons. The van der Waals surface area contributed by atoms with Gasteiger partial charge in [-0.2, -0.15) is 0 Å². The van der Waals surface area contributed by atoms with E-state index in [2.05, 4.69) is 14.8 Å². The van der Waals surface area contributed by atoms with Gasteiger partial charge in [0.1, 0.15) is 11.6 Å². The normalized spacial score (nSPS) is 22.5. The number of nitrogens with zero attached hydrogens (tertiary/aromatic N) is 3. The van der Waals surface area contributed by atoms with Crippen molar-refractivity contribution in [1.82, 2.24) is 9.88 Å². The lowest BCUT2D eigenvalue weighted by Crippen LogP contribution is -2.44. The predicted molar refractivity (Wildman–Crippen MR) is 92.1 cm³/mol. The highest BCUT2D eigenvalue weighted by Crippen LogP contribution is 2.33. The van der Waals surface area contributed by atoms with Crippen LogP contribution in [0.2, 0.25) is 0 Å². The van der Waals surface area contributed by atoms with E-state index in [1.807, 2.05) is 30.6 Å². The van der Waals surface area contributed by atoms with Crippen molar-refractivity contribution in [2.24, 2.45) is 0 Å². The second-order valence-electron chi connectivity index (χ2n) is 6.28. The topological polar surface area (TPSA) is 56.7 Å². The van der Waals surface area contributed by atoms with Crippen LogP contribution in [0.5, 0.6) is 5.75 Å². The Hall–Kier alpha value is -2.82. The number of allylic oxidation sites excluding steroid dienone is 1. The van der Waals surface area contributed by atoms with E-state index < -0.39 is 0 Å². The SMILES string of the molecule is O=C(/C=C/N1C[C@@H]2C[C@@H]1CN2c1ccccn1)c1ccccc1O. The maximum Gasteiger partial charge on any atom is 0.190 e. The minimum absolute atomic E-state index is 0.0245. The molecule has 0 spiro atoms. The Morgan fingerprint density at radius 1 is 1.12 bits per heavy atom. The summed E-state index contributed by atoms with van der Waals surface area (Å²) in [5, 5.41) is 9.76. The Morgan fingerprint density at radius 3 is 2.67 bits per heavy atom. The van der Waals surface area contributed by atoms with Crippen LogP contribution >= 0.6 is 0 Å². The van der Waals surface area contributed by atoms with Crippen LogP contribution in [0, 0.1) is 0 Å². The van der Waals surface area contributed by atoms with E-state index in [-0.39, 0.29) is 11.5 Å². The maximum absolute atomic E-state index is 12.2. The largest absolute Gasteiger partial charge is 0.507 e. The molecule has 2 saturated heterocycles. The molecule has 2 bridgehead atoms. The molecule has 2 aliphatic heterocycles. The summed E-state index contributed by atoms with van der Waals surface area (Å²) in [6.07, 6.45) is 6.34. The van der Waals surface area contributed by atoms with Crippen LogP contribution in [0.25, 0.3) is 0 Å². The number of fused-ring (bicyclic) bond motifs is 2. The summed E-state index contributed by atoms with van der Waals surface area (Å²) in [5.41, 5.74) is 0.341. The van der Waals surface area contributed by atoms with Crippen molar-refractivity contribution in [1.29, 1.82) is 0 Å². The van der Waals surface area contributed by atoms with Crippen LogP contribution in [0.15, 0.2) is 60.9 Å². The summed E-state index contributed by atoms with van der Waals surface area (Å²) < 4.78 is 0. The Morgan fingerprint density at radius 2 is 1.96 bits per heavy atom. The van der Waals surface area contributed by atoms with Crippen molar-refractivity contribution in [3.05, 3.63) is 66.5 Å². The van der Waals surface area contributed by atoms with Crippen LogP contribution in [0.1, 0.15) is 16.8 Å². The molecule has 2 aliphatic rings. The molecule has 0 aliphatic carbocycles. The van der Waals surface area contributed by atoms with Gasteiger partial charge in [0.05, 0.1) is 5.56 Å². The number of para-hydroxylation sites is 1. The average Bonchev–Trinajstić information content (AvgIpc) is 3.21. The molecule has 4 rings (SSSR count). The molecule has 1 aromatic carbocycles.